The molecule has 0 spiro atoms. The lowest BCUT2D eigenvalue weighted by atomic mass is 10.0. The Hall–Kier alpha value is -1.10. The molecule has 92 valence electrons. The third-order valence-corrected chi connectivity index (χ3v) is 2.86. The van der Waals surface area contributed by atoms with E-state index >= 15 is 0 Å². The van der Waals surface area contributed by atoms with Crippen molar-refractivity contribution < 1.29 is 14.7 Å². The van der Waals surface area contributed by atoms with E-state index in [1.54, 1.807) is 0 Å². The molecule has 1 rings (SSSR count). The molecule has 0 bridgehead atoms. The predicted molar refractivity (Wildman–Crippen MR) is 59.8 cm³/mol. The summed E-state index contributed by atoms with van der Waals surface area (Å²) < 4.78 is 0. The number of likely N-dealkylation sites (tertiary alicyclic amines) is 1. The first-order chi connectivity index (χ1) is 7.43. The van der Waals surface area contributed by atoms with Crippen molar-refractivity contribution in [3.63, 3.8) is 0 Å². The van der Waals surface area contributed by atoms with E-state index in [2.05, 4.69) is 0 Å². The summed E-state index contributed by atoms with van der Waals surface area (Å²) in [6, 6.07) is -1.24. The van der Waals surface area contributed by atoms with Gasteiger partial charge in [-0.05, 0) is 25.2 Å². The van der Waals surface area contributed by atoms with E-state index in [1.807, 2.05) is 13.8 Å². The van der Waals surface area contributed by atoms with Gasteiger partial charge in [0, 0.05) is 6.54 Å². The largest absolute Gasteiger partial charge is 0.480 e. The lowest BCUT2D eigenvalue weighted by Gasteiger charge is -2.25. The highest BCUT2D eigenvalue weighted by molar-refractivity contribution is 5.87. The smallest absolute Gasteiger partial charge is 0.326 e. The normalized spacial score (nSPS) is 22.5. The van der Waals surface area contributed by atoms with E-state index in [4.69, 9.17) is 10.8 Å². The number of carboxylic acid groups (broad SMARTS) is 1. The van der Waals surface area contributed by atoms with E-state index < -0.39 is 18.1 Å². The number of hydrogen-bond acceptors (Lipinski definition) is 3. The molecule has 1 aliphatic rings. The van der Waals surface area contributed by atoms with Gasteiger partial charge in [-0.15, -0.1) is 0 Å². The molecule has 1 aliphatic heterocycles. The molecule has 1 fully saturated rings. The van der Waals surface area contributed by atoms with Crippen LogP contribution < -0.4 is 5.73 Å². The molecule has 3 N–H and O–H groups in total. The Balaban J connectivity index is 2.62. The van der Waals surface area contributed by atoms with Gasteiger partial charge in [0.25, 0.3) is 0 Å². The van der Waals surface area contributed by atoms with Crippen LogP contribution in [0.5, 0.6) is 0 Å². The summed E-state index contributed by atoms with van der Waals surface area (Å²) in [7, 11) is 0. The molecule has 16 heavy (non-hydrogen) atoms. The van der Waals surface area contributed by atoms with Gasteiger partial charge in [0.05, 0.1) is 6.04 Å². The summed E-state index contributed by atoms with van der Waals surface area (Å²) in [6.07, 6.45) is 1.88. The summed E-state index contributed by atoms with van der Waals surface area (Å²) in [5, 5.41) is 8.96. The molecule has 0 saturated carbocycles. The molecule has 1 saturated heterocycles. The SMILES string of the molecule is CC(C)C[C@@H](N)C(=O)N1CCCC1C(=O)O. The van der Waals surface area contributed by atoms with Crippen LogP contribution in [-0.2, 0) is 9.59 Å². The second-order valence-corrected chi connectivity index (χ2v) is 4.76. The third-order valence-electron chi connectivity index (χ3n) is 2.86. The molecule has 0 aromatic heterocycles. The van der Waals surface area contributed by atoms with Gasteiger partial charge in [0.15, 0.2) is 0 Å². The van der Waals surface area contributed by atoms with Crippen molar-refractivity contribution in [2.24, 2.45) is 11.7 Å². The first-order valence-electron chi connectivity index (χ1n) is 5.72. The van der Waals surface area contributed by atoms with Crippen molar-refractivity contribution in [2.45, 2.75) is 45.2 Å². The van der Waals surface area contributed by atoms with Gasteiger partial charge < -0.3 is 15.7 Å². The fourth-order valence-electron chi connectivity index (χ4n) is 2.11. The highest BCUT2D eigenvalue weighted by Gasteiger charge is 2.35. The van der Waals surface area contributed by atoms with Crippen LogP contribution in [0.3, 0.4) is 0 Å². The lowest BCUT2D eigenvalue weighted by Crippen LogP contribution is -2.48. The second-order valence-electron chi connectivity index (χ2n) is 4.76. The summed E-state index contributed by atoms with van der Waals surface area (Å²) in [6.45, 7) is 4.50. The van der Waals surface area contributed by atoms with Crippen LogP contribution in [0.1, 0.15) is 33.1 Å². The van der Waals surface area contributed by atoms with Gasteiger partial charge in [-0.3, -0.25) is 4.79 Å². The summed E-state index contributed by atoms with van der Waals surface area (Å²) in [5.41, 5.74) is 5.78. The van der Waals surface area contributed by atoms with Gasteiger partial charge in [-0.1, -0.05) is 13.8 Å². The van der Waals surface area contributed by atoms with Crippen molar-refractivity contribution >= 4 is 11.9 Å². The van der Waals surface area contributed by atoms with Gasteiger partial charge >= 0.3 is 5.97 Å². The van der Waals surface area contributed by atoms with Crippen LogP contribution >= 0.6 is 0 Å². The third kappa shape index (κ3) is 2.95. The van der Waals surface area contributed by atoms with Crippen LogP contribution in [0.25, 0.3) is 0 Å². The Morgan fingerprint density at radius 3 is 2.62 bits per heavy atom. The van der Waals surface area contributed by atoms with E-state index in [0.29, 0.717) is 25.3 Å². The summed E-state index contributed by atoms with van der Waals surface area (Å²) in [5.74, 6) is -0.814. The van der Waals surface area contributed by atoms with E-state index in [-0.39, 0.29) is 5.91 Å². The second kappa shape index (κ2) is 5.30. The maximum absolute atomic E-state index is 11.9. The number of carboxylic acids is 1. The molecule has 2 atom stereocenters. The number of amides is 1. The number of nitrogens with zero attached hydrogens (tertiary/aromatic N) is 1. The maximum atomic E-state index is 11.9. The summed E-state index contributed by atoms with van der Waals surface area (Å²) >= 11 is 0. The molecule has 0 radical (unpaired) electrons. The molecular weight excluding hydrogens is 208 g/mol. The average molecular weight is 228 g/mol. The predicted octanol–water partition coefficient (Wildman–Crippen LogP) is 0.435. The lowest BCUT2D eigenvalue weighted by molar-refractivity contribution is -0.148. The maximum Gasteiger partial charge on any atom is 0.326 e. The first-order valence-corrected chi connectivity index (χ1v) is 5.72. The van der Waals surface area contributed by atoms with Crippen LogP contribution in [0.4, 0.5) is 0 Å². The zero-order chi connectivity index (χ0) is 12.3. The minimum Gasteiger partial charge on any atom is -0.480 e. The number of nitrogens with two attached hydrogens (primary N) is 1. The van der Waals surface area contributed by atoms with Crippen LogP contribution in [0.2, 0.25) is 0 Å². The minimum absolute atomic E-state index is 0.224. The Bertz CT molecular complexity index is 278. The van der Waals surface area contributed by atoms with Gasteiger partial charge in [-0.25, -0.2) is 4.79 Å². The quantitative estimate of drug-likeness (QED) is 0.731. The van der Waals surface area contributed by atoms with Crippen LogP contribution in [-0.4, -0.2) is 40.5 Å². The van der Waals surface area contributed by atoms with E-state index in [0.717, 1.165) is 6.42 Å². The number of rotatable bonds is 4. The Morgan fingerprint density at radius 1 is 1.50 bits per heavy atom. The monoisotopic (exact) mass is 228 g/mol. The van der Waals surface area contributed by atoms with Crippen molar-refractivity contribution in [1.29, 1.82) is 0 Å². The zero-order valence-electron chi connectivity index (χ0n) is 9.85. The Kier molecular flexibility index (Phi) is 4.29. The van der Waals surface area contributed by atoms with Crippen LogP contribution in [0.15, 0.2) is 0 Å². The molecule has 5 heteroatoms. The summed E-state index contributed by atoms with van der Waals surface area (Å²) in [4.78, 5) is 24.3. The molecule has 1 amide bonds. The molecule has 0 aliphatic carbocycles. The topological polar surface area (TPSA) is 83.6 Å². The number of carbonyl (C=O) groups is 2. The Morgan fingerprint density at radius 2 is 2.12 bits per heavy atom. The fourth-order valence-corrected chi connectivity index (χ4v) is 2.11. The Labute approximate surface area is 95.6 Å². The molecule has 0 aromatic carbocycles. The van der Waals surface area contributed by atoms with Crippen molar-refractivity contribution in [3.8, 4) is 0 Å². The number of aliphatic carboxylic acids is 1. The van der Waals surface area contributed by atoms with Crippen molar-refractivity contribution in [3.05, 3.63) is 0 Å². The fraction of sp³-hybridized carbons (Fsp3) is 0.818. The first kappa shape index (κ1) is 13.0. The van der Waals surface area contributed by atoms with Crippen molar-refractivity contribution in [1.82, 2.24) is 4.90 Å². The number of carbonyl (C=O) groups excluding carboxylic acids is 1. The van der Waals surface area contributed by atoms with Gasteiger partial charge in [-0.2, -0.15) is 0 Å². The van der Waals surface area contributed by atoms with Gasteiger partial charge in [0.2, 0.25) is 5.91 Å². The van der Waals surface area contributed by atoms with Gasteiger partial charge in [0.1, 0.15) is 6.04 Å². The number of hydrogen-bond donors (Lipinski definition) is 2. The minimum atomic E-state index is -0.928. The standard InChI is InChI=1S/C11H20N2O3/c1-7(2)6-8(12)10(14)13-5-3-4-9(13)11(15)16/h7-9H,3-6,12H2,1-2H3,(H,15,16)/t8-,9?/m1/s1. The average Bonchev–Trinajstić information content (AvgIpc) is 2.63. The highest BCUT2D eigenvalue weighted by atomic mass is 16.4. The molecule has 1 heterocycles. The molecule has 1 unspecified atom stereocenters. The molecule has 0 aromatic rings. The van der Waals surface area contributed by atoms with Crippen molar-refractivity contribution in [2.75, 3.05) is 6.54 Å². The molecule has 5 nitrogen and oxygen atoms in total. The van der Waals surface area contributed by atoms with E-state index in [9.17, 15) is 9.59 Å². The van der Waals surface area contributed by atoms with E-state index in [1.165, 1.54) is 4.90 Å². The molecular formula is C11H20N2O3. The highest BCUT2D eigenvalue weighted by Crippen LogP contribution is 2.19. The zero-order valence-corrected chi connectivity index (χ0v) is 9.85. The van der Waals surface area contributed by atoms with Crippen LogP contribution in [0, 0.1) is 5.92 Å².